The third-order valence-corrected chi connectivity index (χ3v) is 5.08. The van der Waals surface area contributed by atoms with Crippen LogP contribution in [0, 0.1) is 0 Å². The Hall–Kier alpha value is -2.81. The van der Waals surface area contributed by atoms with Crippen molar-refractivity contribution in [2.75, 3.05) is 27.4 Å². The topological polar surface area (TPSA) is 65.1 Å². The number of halogens is 3. The minimum absolute atomic E-state index is 0.0575. The predicted molar refractivity (Wildman–Crippen MR) is 100 cm³/mol. The van der Waals surface area contributed by atoms with Gasteiger partial charge >= 0.3 is 18.1 Å². The van der Waals surface area contributed by atoms with Gasteiger partial charge in [-0.2, -0.15) is 13.2 Å². The van der Waals surface area contributed by atoms with Crippen LogP contribution in [0.5, 0.6) is 0 Å². The molecular weight excluding hydrogens is 403 g/mol. The molecule has 2 aliphatic rings. The summed E-state index contributed by atoms with van der Waals surface area (Å²) in [6.45, 7) is 1.06. The van der Waals surface area contributed by atoms with Gasteiger partial charge in [-0.25, -0.2) is 9.59 Å². The summed E-state index contributed by atoms with van der Waals surface area (Å²) in [5.74, 6) is -2.30. The maximum absolute atomic E-state index is 12.9. The summed E-state index contributed by atoms with van der Waals surface area (Å²) in [4.78, 5) is 26.7. The van der Waals surface area contributed by atoms with Gasteiger partial charge in [-0.05, 0) is 30.5 Å². The molecule has 2 heterocycles. The molecule has 0 amide bonds. The maximum atomic E-state index is 12.9. The molecule has 1 unspecified atom stereocenters. The van der Waals surface area contributed by atoms with Crippen molar-refractivity contribution in [1.82, 2.24) is 4.90 Å². The van der Waals surface area contributed by atoms with Crippen molar-refractivity contribution in [2.45, 2.75) is 31.0 Å². The largest absolute Gasteiger partial charge is 0.466 e. The second-order valence-corrected chi connectivity index (χ2v) is 7.04. The smallest absolute Gasteiger partial charge is 0.416 e. The SMILES string of the molecule is COC(=O)C1=CN(CC2CCCO2)C=C(C(=O)OC)C1c1ccc(C(F)(F)F)cc1. The normalized spacial score (nSPS) is 19.9. The van der Waals surface area contributed by atoms with E-state index in [1.54, 1.807) is 17.3 Å². The first kappa shape index (κ1) is 21.9. The second-order valence-electron chi connectivity index (χ2n) is 7.04. The average Bonchev–Trinajstić information content (AvgIpc) is 3.24. The first-order valence-electron chi connectivity index (χ1n) is 9.39. The van der Waals surface area contributed by atoms with Crippen LogP contribution in [0.15, 0.2) is 47.8 Å². The number of methoxy groups -OCH3 is 2. The standard InChI is InChI=1S/C21H22F3NO5/c1-28-19(26)16-11-25(10-15-4-3-9-30-15)12-17(20(27)29-2)18(16)13-5-7-14(8-6-13)21(22,23)24/h5-8,11-12,15,18H,3-4,9-10H2,1-2H3. The number of nitrogens with zero attached hydrogens (tertiary/aromatic N) is 1. The summed E-state index contributed by atoms with van der Waals surface area (Å²) >= 11 is 0. The van der Waals surface area contributed by atoms with Crippen LogP contribution in [-0.4, -0.2) is 50.3 Å². The fourth-order valence-electron chi connectivity index (χ4n) is 3.64. The first-order chi connectivity index (χ1) is 14.2. The first-order valence-corrected chi connectivity index (χ1v) is 9.39. The van der Waals surface area contributed by atoms with Gasteiger partial charge in [0.2, 0.25) is 0 Å². The lowest BCUT2D eigenvalue weighted by atomic mass is 9.83. The highest BCUT2D eigenvalue weighted by molar-refractivity contribution is 5.98. The molecule has 0 aliphatic carbocycles. The van der Waals surface area contributed by atoms with Crippen LogP contribution in [0.2, 0.25) is 0 Å². The summed E-state index contributed by atoms with van der Waals surface area (Å²) in [7, 11) is 2.40. The van der Waals surface area contributed by atoms with E-state index in [2.05, 4.69) is 0 Å². The Morgan fingerprint density at radius 3 is 2.07 bits per heavy atom. The molecule has 30 heavy (non-hydrogen) atoms. The molecule has 1 saturated heterocycles. The summed E-state index contributed by atoms with van der Waals surface area (Å²) < 4.78 is 54.2. The molecular formula is C21H22F3NO5. The van der Waals surface area contributed by atoms with Crippen LogP contribution in [-0.2, 0) is 30.0 Å². The van der Waals surface area contributed by atoms with Crippen molar-refractivity contribution < 1.29 is 37.0 Å². The Morgan fingerprint density at radius 2 is 1.63 bits per heavy atom. The molecule has 0 radical (unpaired) electrons. The van der Waals surface area contributed by atoms with Crippen molar-refractivity contribution in [3.63, 3.8) is 0 Å². The fraction of sp³-hybridized carbons (Fsp3) is 0.429. The van der Waals surface area contributed by atoms with Gasteiger partial charge in [0.25, 0.3) is 0 Å². The van der Waals surface area contributed by atoms with Crippen LogP contribution in [0.25, 0.3) is 0 Å². The molecule has 2 aliphatic heterocycles. The molecule has 0 bridgehead atoms. The lowest BCUT2D eigenvalue weighted by Gasteiger charge is -2.31. The zero-order valence-corrected chi connectivity index (χ0v) is 16.6. The molecule has 0 aromatic heterocycles. The lowest BCUT2D eigenvalue weighted by molar-refractivity contribution is -0.138. The molecule has 1 aromatic rings. The summed E-state index contributed by atoms with van der Waals surface area (Å²) in [5.41, 5.74) is -0.237. The average molecular weight is 425 g/mol. The number of hydrogen-bond acceptors (Lipinski definition) is 6. The number of rotatable bonds is 5. The van der Waals surface area contributed by atoms with Gasteiger partial charge in [0.1, 0.15) is 0 Å². The number of esters is 2. The molecule has 0 saturated carbocycles. The van der Waals surface area contributed by atoms with Crippen LogP contribution >= 0.6 is 0 Å². The van der Waals surface area contributed by atoms with Crippen LogP contribution < -0.4 is 0 Å². The van der Waals surface area contributed by atoms with Gasteiger partial charge in [0, 0.05) is 25.6 Å². The van der Waals surface area contributed by atoms with Crippen LogP contribution in [0.1, 0.15) is 29.9 Å². The van der Waals surface area contributed by atoms with Gasteiger partial charge in [-0.3, -0.25) is 0 Å². The molecule has 1 atom stereocenters. The highest BCUT2D eigenvalue weighted by Gasteiger charge is 2.37. The van der Waals surface area contributed by atoms with Crippen molar-refractivity contribution in [3.05, 3.63) is 58.9 Å². The molecule has 6 nitrogen and oxygen atoms in total. The van der Waals surface area contributed by atoms with Crippen molar-refractivity contribution in [3.8, 4) is 0 Å². The number of carbonyl (C=O) groups is 2. The number of alkyl halides is 3. The molecule has 1 fully saturated rings. The third-order valence-electron chi connectivity index (χ3n) is 5.08. The third kappa shape index (κ3) is 4.67. The zero-order chi connectivity index (χ0) is 21.9. The van der Waals surface area contributed by atoms with Crippen LogP contribution in [0.4, 0.5) is 13.2 Å². The Morgan fingerprint density at radius 1 is 1.07 bits per heavy atom. The van der Waals surface area contributed by atoms with Gasteiger partial charge in [-0.1, -0.05) is 12.1 Å². The highest BCUT2D eigenvalue weighted by atomic mass is 19.4. The molecule has 0 N–H and O–H groups in total. The van der Waals surface area contributed by atoms with E-state index in [1.807, 2.05) is 0 Å². The van der Waals surface area contributed by atoms with Crippen molar-refractivity contribution >= 4 is 11.9 Å². The highest BCUT2D eigenvalue weighted by Crippen LogP contribution is 2.38. The van der Waals surface area contributed by atoms with Gasteiger partial charge in [0.15, 0.2) is 0 Å². The summed E-state index contributed by atoms with van der Waals surface area (Å²) in [5, 5.41) is 0. The predicted octanol–water partition coefficient (Wildman–Crippen LogP) is 3.40. The monoisotopic (exact) mass is 425 g/mol. The Balaban J connectivity index is 2.01. The lowest BCUT2D eigenvalue weighted by Crippen LogP contribution is -2.32. The van der Waals surface area contributed by atoms with Crippen LogP contribution in [0.3, 0.4) is 0 Å². The molecule has 0 spiro atoms. The quantitative estimate of drug-likeness (QED) is 0.674. The van der Waals surface area contributed by atoms with E-state index in [-0.39, 0.29) is 17.3 Å². The molecule has 9 heteroatoms. The van der Waals surface area contributed by atoms with E-state index in [4.69, 9.17) is 14.2 Å². The van der Waals surface area contributed by atoms with E-state index >= 15 is 0 Å². The van der Waals surface area contributed by atoms with E-state index in [0.717, 1.165) is 25.0 Å². The Bertz CT molecular complexity index is 820. The van der Waals surface area contributed by atoms with E-state index in [1.165, 1.54) is 26.4 Å². The molecule has 162 valence electrons. The minimum atomic E-state index is -4.49. The fourth-order valence-corrected chi connectivity index (χ4v) is 3.64. The Kier molecular flexibility index (Phi) is 6.50. The molecule has 1 aromatic carbocycles. The Labute approximate surface area is 171 Å². The molecule has 3 rings (SSSR count). The van der Waals surface area contributed by atoms with Crippen molar-refractivity contribution in [1.29, 1.82) is 0 Å². The maximum Gasteiger partial charge on any atom is 0.416 e. The number of benzene rings is 1. The number of hydrogen-bond donors (Lipinski definition) is 0. The van der Waals surface area contributed by atoms with Gasteiger partial charge < -0.3 is 19.1 Å². The van der Waals surface area contributed by atoms with Gasteiger partial charge in [0.05, 0.1) is 43.0 Å². The van der Waals surface area contributed by atoms with E-state index in [0.29, 0.717) is 18.7 Å². The zero-order valence-electron chi connectivity index (χ0n) is 16.6. The summed E-state index contributed by atoms with van der Waals surface area (Å²) in [6.07, 6.45) is 0.309. The second kappa shape index (κ2) is 8.91. The number of carbonyl (C=O) groups excluding carboxylic acids is 2. The minimum Gasteiger partial charge on any atom is -0.466 e. The van der Waals surface area contributed by atoms with E-state index < -0.39 is 29.6 Å². The summed E-state index contributed by atoms with van der Waals surface area (Å²) in [6, 6.07) is 4.32. The van der Waals surface area contributed by atoms with E-state index in [9.17, 15) is 22.8 Å². The van der Waals surface area contributed by atoms with Gasteiger partial charge in [-0.15, -0.1) is 0 Å². The number of ether oxygens (including phenoxy) is 3. The van der Waals surface area contributed by atoms with Crippen molar-refractivity contribution in [2.24, 2.45) is 0 Å².